The second kappa shape index (κ2) is 6.84. The summed E-state index contributed by atoms with van der Waals surface area (Å²) < 4.78 is 25.0. The summed E-state index contributed by atoms with van der Waals surface area (Å²) in [6.07, 6.45) is 1.68. The lowest BCUT2D eigenvalue weighted by Crippen LogP contribution is -2.36. The van der Waals surface area contributed by atoms with Crippen molar-refractivity contribution >= 4 is 31.8 Å². The molecule has 2 N–H and O–H groups in total. The molecule has 1 aromatic heterocycles. The van der Waals surface area contributed by atoms with Crippen molar-refractivity contribution < 1.29 is 13.9 Å². The Morgan fingerprint density at radius 2 is 2.00 bits per heavy atom. The summed E-state index contributed by atoms with van der Waals surface area (Å²) in [5, 5.41) is 0.418. The summed E-state index contributed by atoms with van der Waals surface area (Å²) in [6, 6.07) is 1.60. The highest BCUT2D eigenvalue weighted by molar-refractivity contribution is 6.87. The van der Waals surface area contributed by atoms with Crippen LogP contribution in [-0.2, 0) is 0 Å². The number of hydrogen-bond acceptors (Lipinski definition) is 6. The first-order valence-electron chi connectivity index (χ1n) is 7.75. The van der Waals surface area contributed by atoms with Gasteiger partial charge in [0.2, 0.25) is 0 Å². The van der Waals surface area contributed by atoms with Crippen molar-refractivity contribution in [1.29, 1.82) is 0 Å². The van der Waals surface area contributed by atoms with Gasteiger partial charge in [-0.2, -0.15) is 0 Å². The number of methoxy groups -OCH3 is 2. The number of fused-ring (bicyclic) bond motifs is 1. The maximum absolute atomic E-state index is 14.8. The fourth-order valence-electron chi connectivity index (χ4n) is 3.06. The molecule has 1 aliphatic rings. The number of halogens is 1. The van der Waals surface area contributed by atoms with Gasteiger partial charge in [0.25, 0.3) is 0 Å². The van der Waals surface area contributed by atoms with Crippen molar-refractivity contribution in [3.8, 4) is 11.5 Å². The van der Waals surface area contributed by atoms with Crippen LogP contribution >= 0.6 is 0 Å². The first kappa shape index (κ1) is 16.8. The Bertz CT molecular complexity index is 754. The number of nitrogens with zero attached hydrogens (tertiary/aromatic N) is 3. The molecule has 3 radical (unpaired) electrons. The van der Waals surface area contributed by atoms with Crippen LogP contribution in [0.15, 0.2) is 6.07 Å². The van der Waals surface area contributed by atoms with E-state index in [0.29, 0.717) is 11.2 Å². The van der Waals surface area contributed by atoms with Crippen LogP contribution in [0.1, 0.15) is 24.6 Å². The molecule has 2 aromatic rings. The molecule has 0 unspecified atom stereocenters. The molecule has 0 saturated carbocycles. The van der Waals surface area contributed by atoms with Crippen LogP contribution in [0.25, 0.3) is 10.9 Å². The number of aromatic nitrogens is 2. The van der Waals surface area contributed by atoms with Gasteiger partial charge < -0.3 is 20.0 Å². The number of nitrogens with two attached hydrogens (primary N) is 1. The summed E-state index contributed by atoms with van der Waals surface area (Å²) in [5.74, 6) is 0.611. The van der Waals surface area contributed by atoms with Crippen LogP contribution < -0.4 is 15.2 Å². The van der Waals surface area contributed by atoms with Crippen molar-refractivity contribution in [3.05, 3.63) is 17.7 Å². The predicted molar refractivity (Wildman–Crippen MR) is 92.1 cm³/mol. The Morgan fingerprint density at radius 3 is 2.58 bits per heavy atom. The van der Waals surface area contributed by atoms with Gasteiger partial charge >= 0.3 is 0 Å². The first-order chi connectivity index (χ1) is 11.6. The lowest BCUT2D eigenvalue weighted by molar-refractivity contribution is 0.325. The minimum atomic E-state index is -0.588. The number of nitrogen functional groups attached to an aromatic ring is 1. The number of benzene rings is 1. The maximum atomic E-state index is 14.8. The van der Waals surface area contributed by atoms with Crippen LogP contribution in [0.4, 0.5) is 10.2 Å². The standard InChI is InChI=1S/C15H18B2FN4O2/c1-23-10-7-9-12(11(18)13(10)24-2)20-15(21-14(9)19)8-3-5-22(17-16)6-4-8/h7-8H,3-6H2,1-2H3,(H2,19,20,21). The van der Waals surface area contributed by atoms with Gasteiger partial charge in [-0.25, -0.2) is 14.4 Å². The van der Waals surface area contributed by atoms with Crippen LogP contribution in [0.3, 0.4) is 0 Å². The maximum Gasteiger partial charge on any atom is 0.199 e. The number of rotatable bonds is 4. The average molecular weight is 327 g/mol. The van der Waals surface area contributed by atoms with Gasteiger partial charge in [-0.05, 0) is 32.0 Å². The van der Waals surface area contributed by atoms with Crippen molar-refractivity contribution in [2.45, 2.75) is 18.8 Å². The van der Waals surface area contributed by atoms with Gasteiger partial charge in [-0.3, -0.25) is 0 Å². The third-order valence-electron chi connectivity index (χ3n) is 4.43. The predicted octanol–water partition coefficient (Wildman–Crippen LogP) is 1.25. The molecule has 1 aromatic carbocycles. The molecule has 123 valence electrons. The Morgan fingerprint density at radius 1 is 1.29 bits per heavy atom. The highest BCUT2D eigenvalue weighted by Gasteiger charge is 2.25. The molecule has 6 nitrogen and oxygen atoms in total. The van der Waals surface area contributed by atoms with Crippen LogP contribution in [0, 0.1) is 5.82 Å². The van der Waals surface area contributed by atoms with Gasteiger partial charge in [0.15, 0.2) is 17.3 Å². The van der Waals surface area contributed by atoms with Gasteiger partial charge in [0.05, 0.1) is 14.2 Å². The van der Waals surface area contributed by atoms with Gasteiger partial charge in [-0.15, -0.1) is 0 Å². The highest BCUT2D eigenvalue weighted by atomic mass is 19.1. The minimum absolute atomic E-state index is 0.0154. The molecule has 2 heterocycles. The Hall–Kier alpha value is -2.02. The molecular weight excluding hydrogens is 309 g/mol. The Balaban J connectivity index is 2.05. The first-order valence-corrected chi connectivity index (χ1v) is 7.75. The summed E-state index contributed by atoms with van der Waals surface area (Å²) >= 11 is 0. The monoisotopic (exact) mass is 327 g/mol. The second-order valence-electron chi connectivity index (χ2n) is 5.75. The smallest absolute Gasteiger partial charge is 0.199 e. The van der Waals surface area contributed by atoms with Crippen LogP contribution in [0.2, 0.25) is 0 Å². The molecule has 0 atom stereocenters. The van der Waals surface area contributed by atoms with E-state index < -0.39 is 5.82 Å². The number of hydrogen-bond donors (Lipinski definition) is 1. The zero-order valence-electron chi connectivity index (χ0n) is 13.8. The fourth-order valence-corrected chi connectivity index (χ4v) is 3.06. The molecule has 0 spiro atoms. The normalized spacial score (nSPS) is 16.3. The van der Waals surface area contributed by atoms with Crippen molar-refractivity contribution in [2.24, 2.45) is 0 Å². The van der Waals surface area contributed by atoms with Crippen LogP contribution in [0.5, 0.6) is 11.5 Å². The zero-order chi connectivity index (χ0) is 17.3. The van der Waals surface area contributed by atoms with Crippen LogP contribution in [-0.4, -0.2) is 57.1 Å². The highest BCUT2D eigenvalue weighted by Crippen LogP contribution is 2.38. The van der Waals surface area contributed by atoms with E-state index in [2.05, 4.69) is 9.97 Å². The zero-order valence-corrected chi connectivity index (χ0v) is 13.8. The summed E-state index contributed by atoms with van der Waals surface area (Å²) in [6.45, 7) is 1.63. The number of piperidine rings is 1. The van der Waals surface area contributed by atoms with E-state index in [1.54, 1.807) is 13.4 Å². The molecule has 0 bridgehead atoms. The van der Waals surface area contributed by atoms with E-state index >= 15 is 0 Å². The van der Waals surface area contributed by atoms with E-state index in [9.17, 15) is 4.39 Å². The van der Waals surface area contributed by atoms with Gasteiger partial charge in [0, 0.05) is 19.0 Å². The topological polar surface area (TPSA) is 73.5 Å². The third-order valence-corrected chi connectivity index (χ3v) is 4.43. The molecular formula is C15H18B2FN4O2. The molecule has 9 heteroatoms. The lowest BCUT2D eigenvalue weighted by atomic mass is 9.64. The average Bonchev–Trinajstić information content (AvgIpc) is 2.62. The van der Waals surface area contributed by atoms with Gasteiger partial charge in [0.1, 0.15) is 24.5 Å². The van der Waals surface area contributed by atoms with E-state index in [-0.39, 0.29) is 28.8 Å². The van der Waals surface area contributed by atoms with E-state index in [0.717, 1.165) is 25.9 Å². The summed E-state index contributed by atoms with van der Waals surface area (Å²) in [4.78, 5) is 10.9. The Labute approximate surface area is 142 Å². The van der Waals surface area contributed by atoms with E-state index in [4.69, 9.17) is 22.9 Å². The molecule has 1 saturated heterocycles. The molecule has 1 aliphatic heterocycles. The fraction of sp³-hybridized carbons (Fsp3) is 0.467. The van der Waals surface area contributed by atoms with Crippen molar-refractivity contribution in [3.63, 3.8) is 0 Å². The number of anilines is 1. The minimum Gasteiger partial charge on any atom is -0.493 e. The largest absolute Gasteiger partial charge is 0.493 e. The molecule has 0 amide bonds. The van der Waals surface area contributed by atoms with Crippen molar-refractivity contribution in [1.82, 2.24) is 14.8 Å². The quantitative estimate of drug-likeness (QED) is 0.852. The summed E-state index contributed by atoms with van der Waals surface area (Å²) in [7, 11) is 9.95. The molecule has 0 aliphatic carbocycles. The SMILES string of the molecule is [B][B]N1CCC(c2nc(N)c3cc(OC)c(OC)c(F)c3n2)CC1. The van der Waals surface area contributed by atoms with Gasteiger partial charge in [-0.1, -0.05) is 0 Å². The Kier molecular flexibility index (Phi) is 4.80. The molecule has 1 fully saturated rings. The van der Waals surface area contributed by atoms with Crippen molar-refractivity contribution in [2.75, 3.05) is 33.0 Å². The number of ether oxygens (including phenoxy) is 2. The molecule has 3 rings (SSSR count). The lowest BCUT2D eigenvalue weighted by Gasteiger charge is -2.30. The van der Waals surface area contributed by atoms with E-state index in [1.165, 1.54) is 14.2 Å². The second-order valence-corrected chi connectivity index (χ2v) is 5.75. The summed E-state index contributed by atoms with van der Waals surface area (Å²) in [5.41, 5.74) is 6.21. The third kappa shape index (κ3) is 2.88. The van der Waals surface area contributed by atoms with E-state index in [1.807, 2.05) is 4.81 Å². The molecule has 24 heavy (non-hydrogen) atoms.